The molecule has 0 bridgehead atoms. The summed E-state index contributed by atoms with van der Waals surface area (Å²) in [7, 11) is 0. The van der Waals surface area contributed by atoms with Crippen LogP contribution in [0, 0.1) is 0 Å². The first kappa shape index (κ1) is 28.7. The van der Waals surface area contributed by atoms with E-state index in [0.717, 1.165) is 12.8 Å². The second-order valence-corrected chi connectivity index (χ2v) is 9.47. The molecule has 1 rings (SSSR count). The summed E-state index contributed by atoms with van der Waals surface area (Å²) in [6.07, 6.45) is 23.6. The Morgan fingerprint density at radius 2 is 1.44 bits per heavy atom. The SMILES string of the molecule is CCCCCCCCCCCCCCCCC/C=C1\C[C@@](CCO)(COC(C)=O)OC1=O. The molecule has 1 heterocycles. The predicted octanol–water partition coefficient (Wildman–Crippen LogP) is 6.81. The average Bonchev–Trinajstić information content (AvgIpc) is 3.07. The number of allylic oxidation sites excluding steroid dienone is 1. The van der Waals surface area contributed by atoms with E-state index in [1.54, 1.807) is 0 Å². The molecule has 5 nitrogen and oxygen atoms in total. The molecule has 0 aromatic heterocycles. The second kappa shape index (κ2) is 18.1. The van der Waals surface area contributed by atoms with Crippen LogP contribution in [0.25, 0.3) is 0 Å². The van der Waals surface area contributed by atoms with Crippen molar-refractivity contribution in [1.29, 1.82) is 0 Å². The summed E-state index contributed by atoms with van der Waals surface area (Å²) in [6.45, 7) is 3.49. The van der Waals surface area contributed by atoms with E-state index in [4.69, 9.17) is 9.47 Å². The molecule has 0 radical (unpaired) electrons. The van der Waals surface area contributed by atoms with Crippen molar-refractivity contribution in [3.63, 3.8) is 0 Å². The van der Waals surface area contributed by atoms with Crippen LogP contribution in [0.3, 0.4) is 0 Å². The molecule has 0 aromatic rings. The van der Waals surface area contributed by atoms with E-state index < -0.39 is 11.6 Å². The van der Waals surface area contributed by atoms with Crippen LogP contribution in [0.15, 0.2) is 11.6 Å². The van der Waals surface area contributed by atoms with Crippen molar-refractivity contribution in [3.05, 3.63) is 11.6 Å². The van der Waals surface area contributed by atoms with Gasteiger partial charge in [-0.2, -0.15) is 0 Å². The van der Waals surface area contributed by atoms with E-state index in [0.29, 0.717) is 12.0 Å². The third-order valence-electron chi connectivity index (χ3n) is 6.39. The third kappa shape index (κ3) is 13.2. The zero-order valence-electron chi connectivity index (χ0n) is 20.8. The van der Waals surface area contributed by atoms with Crippen LogP contribution >= 0.6 is 0 Å². The molecular weight excluding hydrogens is 404 g/mol. The number of aliphatic hydroxyl groups is 1. The highest BCUT2D eigenvalue weighted by atomic mass is 16.6. The van der Waals surface area contributed by atoms with E-state index in [-0.39, 0.29) is 25.6 Å². The minimum atomic E-state index is -0.904. The van der Waals surface area contributed by atoms with Gasteiger partial charge in [0.2, 0.25) is 0 Å². The van der Waals surface area contributed by atoms with E-state index >= 15 is 0 Å². The van der Waals surface area contributed by atoms with Crippen LogP contribution in [-0.2, 0) is 19.1 Å². The molecule has 1 aliphatic rings. The van der Waals surface area contributed by atoms with Crippen LogP contribution in [-0.4, -0.2) is 35.9 Å². The van der Waals surface area contributed by atoms with Gasteiger partial charge in [-0.15, -0.1) is 0 Å². The predicted molar refractivity (Wildman–Crippen MR) is 129 cm³/mol. The molecule has 1 saturated heterocycles. The van der Waals surface area contributed by atoms with E-state index in [9.17, 15) is 14.7 Å². The zero-order valence-corrected chi connectivity index (χ0v) is 20.8. The number of aliphatic hydroxyl groups excluding tert-OH is 1. The number of unbranched alkanes of at least 4 members (excludes halogenated alkanes) is 15. The maximum absolute atomic E-state index is 12.2. The van der Waals surface area contributed by atoms with Crippen molar-refractivity contribution in [2.75, 3.05) is 13.2 Å². The van der Waals surface area contributed by atoms with Crippen molar-refractivity contribution in [1.82, 2.24) is 0 Å². The summed E-state index contributed by atoms with van der Waals surface area (Å²) >= 11 is 0. The molecule has 1 N–H and O–H groups in total. The van der Waals surface area contributed by atoms with Crippen LogP contribution in [0.5, 0.6) is 0 Å². The quantitative estimate of drug-likeness (QED) is 0.125. The number of carbonyl (C=O) groups excluding carboxylic acids is 2. The Labute approximate surface area is 196 Å². The highest BCUT2D eigenvalue weighted by Crippen LogP contribution is 2.34. The van der Waals surface area contributed by atoms with E-state index in [1.807, 2.05) is 6.08 Å². The molecule has 0 saturated carbocycles. The first-order valence-electron chi connectivity index (χ1n) is 13.2. The fourth-order valence-corrected chi connectivity index (χ4v) is 4.39. The van der Waals surface area contributed by atoms with Gasteiger partial charge >= 0.3 is 11.9 Å². The molecule has 1 atom stereocenters. The van der Waals surface area contributed by atoms with Crippen molar-refractivity contribution in [2.24, 2.45) is 0 Å². The summed E-state index contributed by atoms with van der Waals surface area (Å²) in [5, 5.41) is 9.30. The normalized spacial score (nSPS) is 19.5. The van der Waals surface area contributed by atoms with Gasteiger partial charge in [0.1, 0.15) is 6.61 Å². The monoisotopic (exact) mass is 452 g/mol. The van der Waals surface area contributed by atoms with Crippen LogP contribution in [0.2, 0.25) is 0 Å². The summed E-state index contributed by atoms with van der Waals surface area (Å²) < 4.78 is 10.5. The molecule has 1 fully saturated rings. The Bertz CT molecular complexity index is 542. The minimum Gasteiger partial charge on any atom is -0.462 e. The first-order valence-corrected chi connectivity index (χ1v) is 13.2. The van der Waals surface area contributed by atoms with E-state index in [1.165, 1.54) is 96.8 Å². The zero-order chi connectivity index (χ0) is 23.5. The molecular formula is C27H48O5. The molecule has 0 spiro atoms. The average molecular weight is 453 g/mol. The Hall–Kier alpha value is -1.36. The molecule has 5 heteroatoms. The Kier molecular flexibility index (Phi) is 16.2. The number of esters is 2. The van der Waals surface area contributed by atoms with Gasteiger partial charge in [-0.3, -0.25) is 4.79 Å². The summed E-state index contributed by atoms with van der Waals surface area (Å²) in [5.41, 5.74) is -0.255. The summed E-state index contributed by atoms with van der Waals surface area (Å²) in [5.74, 6) is -0.750. The maximum atomic E-state index is 12.2. The smallest absolute Gasteiger partial charge is 0.334 e. The topological polar surface area (TPSA) is 72.8 Å². The van der Waals surface area contributed by atoms with Gasteiger partial charge in [-0.05, 0) is 12.8 Å². The van der Waals surface area contributed by atoms with Crippen LogP contribution in [0.1, 0.15) is 129 Å². The lowest BCUT2D eigenvalue weighted by Gasteiger charge is -2.25. The number of hydrogen-bond donors (Lipinski definition) is 1. The maximum Gasteiger partial charge on any atom is 0.334 e. The molecule has 0 amide bonds. The Morgan fingerprint density at radius 1 is 0.938 bits per heavy atom. The highest BCUT2D eigenvalue weighted by Gasteiger charge is 2.44. The molecule has 186 valence electrons. The second-order valence-electron chi connectivity index (χ2n) is 9.47. The van der Waals surface area contributed by atoms with Crippen molar-refractivity contribution < 1.29 is 24.2 Å². The number of carbonyl (C=O) groups is 2. The van der Waals surface area contributed by atoms with Gasteiger partial charge in [-0.25, -0.2) is 4.79 Å². The summed E-state index contributed by atoms with van der Waals surface area (Å²) in [6, 6.07) is 0. The van der Waals surface area contributed by atoms with Crippen molar-refractivity contribution in [3.8, 4) is 0 Å². The number of rotatable bonds is 20. The number of cyclic esters (lactones) is 1. The van der Waals surface area contributed by atoms with Gasteiger partial charge in [0.15, 0.2) is 5.60 Å². The van der Waals surface area contributed by atoms with Gasteiger partial charge in [-0.1, -0.05) is 103 Å². The lowest BCUT2D eigenvalue weighted by atomic mass is 9.94. The van der Waals surface area contributed by atoms with Crippen LogP contribution in [0.4, 0.5) is 0 Å². The lowest BCUT2D eigenvalue weighted by Crippen LogP contribution is -2.36. The Morgan fingerprint density at radius 3 is 1.91 bits per heavy atom. The standard InChI is InChI=1S/C27H48O5/c1-3-4-5-6-7-8-9-10-11-12-13-14-15-16-17-18-19-25-22-27(20-21-28,32-26(25)30)23-31-24(2)29/h19,28H,3-18,20-23H2,1-2H3/b25-19+/t27-/m0/s1. The molecule has 0 aromatic carbocycles. The van der Waals surface area contributed by atoms with Gasteiger partial charge in [0.05, 0.1) is 0 Å². The Balaban J connectivity index is 2.04. The number of ether oxygens (including phenoxy) is 2. The third-order valence-corrected chi connectivity index (χ3v) is 6.39. The first-order chi connectivity index (χ1) is 15.5. The van der Waals surface area contributed by atoms with E-state index in [2.05, 4.69) is 6.92 Å². The lowest BCUT2D eigenvalue weighted by molar-refractivity contribution is -0.162. The molecule has 0 aliphatic carbocycles. The van der Waals surface area contributed by atoms with Gasteiger partial charge in [0.25, 0.3) is 0 Å². The number of hydrogen-bond acceptors (Lipinski definition) is 5. The highest BCUT2D eigenvalue weighted by molar-refractivity contribution is 5.91. The molecule has 32 heavy (non-hydrogen) atoms. The minimum absolute atomic E-state index is 0.00489. The summed E-state index contributed by atoms with van der Waals surface area (Å²) in [4.78, 5) is 23.3. The van der Waals surface area contributed by atoms with Gasteiger partial charge in [0, 0.05) is 31.9 Å². The fraction of sp³-hybridized carbons (Fsp3) is 0.852. The van der Waals surface area contributed by atoms with Crippen molar-refractivity contribution >= 4 is 11.9 Å². The molecule has 0 unspecified atom stereocenters. The fourth-order valence-electron chi connectivity index (χ4n) is 4.39. The van der Waals surface area contributed by atoms with Gasteiger partial charge < -0.3 is 14.6 Å². The van der Waals surface area contributed by atoms with Crippen molar-refractivity contribution in [2.45, 2.75) is 135 Å². The largest absolute Gasteiger partial charge is 0.462 e. The molecule has 1 aliphatic heterocycles. The van der Waals surface area contributed by atoms with Crippen LogP contribution < -0.4 is 0 Å².